The molecule has 0 fully saturated rings. The van der Waals surface area contributed by atoms with Gasteiger partial charge in [-0.05, 0) is 42.8 Å². The summed E-state index contributed by atoms with van der Waals surface area (Å²) in [5, 5.41) is 9.60. The van der Waals surface area contributed by atoms with Gasteiger partial charge in [-0.1, -0.05) is 41.0 Å². The molecule has 0 bridgehead atoms. The van der Waals surface area contributed by atoms with Gasteiger partial charge in [0.2, 0.25) is 0 Å². The van der Waals surface area contributed by atoms with Gasteiger partial charge in [0.25, 0.3) is 0 Å². The molecule has 0 unspecified atom stereocenters. The van der Waals surface area contributed by atoms with Crippen LogP contribution in [0.4, 0.5) is 8.78 Å². The fourth-order valence-corrected chi connectivity index (χ4v) is 3.93. The predicted molar refractivity (Wildman–Crippen MR) is 102 cm³/mol. The van der Waals surface area contributed by atoms with E-state index >= 15 is 0 Å². The van der Waals surface area contributed by atoms with Crippen LogP contribution >= 0.6 is 35.0 Å². The van der Waals surface area contributed by atoms with Gasteiger partial charge in [0.1, 0.15) is 24.0 Å². The Hall–Kier alpha value is -1.83. The van der Waals surface area contributed by atoms with Gasteiger partial charge in [-0.2, -0.15) is 0 Å². The minimum Gasteiger partial charge on any atom is -0.484 e. The lowest BCUT2D eigenvalue weighted by molar-refractivity contribution is 0.288. The summed E-state index contributed by atoms with van der Waals surface area (Å²) in [6.07, 6.45) is 0. The summed E-state index contributed by atoms with van der Waals surface area (Å²) >= 11 is 13.5. The van der Waals surface area contributed by atoms with Gasteiger partial charge in [-0.25, -0.2) is 8.78 Å². The third-order valence-corrected chi connectivity index (χ3v) is 5.40. The number of hydrogen-bond acceptors (Lipinski definition) is 4. The van der Waals surface area contributed by atoms with E-state index in [9.17, 15) is 8.78 Å². The Kier molecular flexibility index (Phi) is 6.57. The summed E-state index contributed by atoms with van der Waals surface area (Å²) in [6, 6.07) is 8.24. The summed E-state index contributed by atoms with van der Waals surface area (Å²) in [4.78, 5) is 0. The lowest BCUT2D eigenvalue weighted by Gasteiger charge is -2.10. The molecule has 4 nitrogen and oxygen atoms in total. The molecule has 0 saturated heterocycles. The highest BCUT2D eigenvalue weighted by Crippen LogP contribution is 2.28. The second-order valence-corrected chi connectivity index (χ2v) is 7.29. The third-order valence-electron chi connectivity index (χ3n) is 3.73. The first kappa shape index (κ1) is 19.9. The van der Waals surface area contributed by atoms with Crippen LogP contribution in [0.1, 0.15) is 18.3 Å². The van der Waals surface area contributed by atoms with Crippen molar-refractivity contribution in [2.45, 2.75) is 31.0 Å². The number of thioether (sulfide) groups is 1. The normalized spacial score (nSPS) is 11.0. The van der Waals surface area contributed by atoms with Crippen LogP contribution in [0.15, 0.2) is 41.6 Å². The van der Waals surface area contributed by atoms with Gasteiger partial charge in [-0.15, -0.1) is 10.2 Å². The third kappa shape index (κ3) is 4.91. The van der Waals surface area contributed by atoms with Gasteiger partial charge in [0.15, 0.2) is 11.0 Å². The van der Waals surface area contributed by atoms with E-state index in [0.717, 1.165) is 5.56 Å². The maximum atomic E-state index is 13.1. The topological polar surface area (TPSA) is 39.9 Å². The van der Waals surface area contributed by atoms with Crippen LogP contribution in [0, 0.1) is 11.6 Å². The number of ether oxygens (including phenoxy) is 1. The molecule has 0 atom stereocenters. The maximum Gasteiger partial charge on any atom is 0.191 e. The summed E-state index contributed by atoms with van der Waals surface area (Å²) in [5.41, 5.74) is 0.810. The standard InChI is InChI=1S/C18H15Cl2F2N3OS/c1-2-25-17(9-26-16-6-5-13(22)8-15(16)20)23-24-18(25)27-10-11-3-4-12(21)7-14(11)19/h3-8H,2,9-10H2,1H3. The fourth-order valence-electron chi connectivity index (χ4n) is 2.37. The molecule has 1 heterocycles. The summed E-state index contributed by atoms with van der Waals surface area (Å²) in [6.45, 7) is 2.75. The average molecular weight is 430 g/mol. The van der Waals surface area contributed by atoms with E-state index in [1.165, 1.54) is 42.1 Å². The molecule has 0 aliphatic rings. The second-order valence-electron chi connectivity index (χ2n) is 5.53. The Morgan fingerprint density at radius 2 is 1.74 bits per heavy atom. The summed E-state index contributed by atoms with van der Waals surface area (Å²) in [5.74, 6) is 0.718. The molecule has 0 aliphatic carbocycles. The van der Waals surface area contributed by atoms with E-state index in [1.807, 2.05) is 11.5 Å². The molecule has 0 radical (unpaired) electrons. The Balaban J connectivity index is 1.68. The van der Waals surface area contributed by atoms with Crippen LogP contribution in [0.2, 0.25) is 10.0 Å². The monoisotopic (exact) mass is 429 g/mol. The number of rotatable bonds is 7. The molecule has 0 aliphatic heterocycles. The smallest absolute Gasteiger partial charge is 0.191 e. The van der Waals surface area contributed by atoms with Gasteiger partial charge in [0.05, 0.1) is 5.02 Å². The zero-order valence-electron chi connectivity index (χ0n) is 14.3. The Morgan fingerprint density at radius 1 is 1.04 bits per heavy atom. The Labute approximate surface area is 169 Å². The van der Waals surface area contributed by atoms with Gasteiger partial charge in [-0.3, -0.25) is 0 Å². The number of aromatic nitrogens is 3. The molecule has 0 amide bonds. The van der Waals surface area contributed by atoms with E-state index in [4.69, 9.17) is 27.9 Å². The van der Waals surface area contributed by atoms with Crippen LogP contribution in [0.5, 0.6) is 5.75 Å². The highest BCUT2D eigenvalue weighted by Gasteiger charge is 2.14. The first-order valence-electron chi connectivity index (χ1n) is 8.04. The molecule has 3 aromatic rings. The van der Waals surface area contributed by atoms with Crippen molar-refractivity contribution in [2.24, 2.45) is 0 Å². The van der Waals surface area contributed by atoms with Gasteiger partial charge >= 0.3 is 0 Å². The number of nitrogens with zero attached hydrogens (tertiary/aromatic N) is 3. The Morgan fingerprint density at radius 3 is 2.41 bits per heavy atom. The van der Waals surface area contributed by atoms with Crippen molar-refractivity contribution in [3.8, 4) is 5.75 Å². The van der Waals surface area contributed by atoms with Crippen LogP contribution in [0.3, 0.4) is 0 Å². The molecule has 2 aromatic carbocycles. The first-order valence-corrected chi connectivity index (χ1v) is 9.78. The molecule has 142 valence electrons. The van der Waals surface area contributed by atoms with Crippen molar-refractivity contribution in [1.82, 2.24) is 14.8 Å². The highest BCUT2D eigenvalue weighted by atomic mass is 35.5. The second kappa shape index (κ2) is 8.91. The van der Waals surface area contributed by atoms with Crippen molar-refractivity contribution in [2.75, 3.05) is 0 Å². The van der Waals surface area contributed by atoms with Crippen molar-refractivity contribution >= 4 is 35.0 Å². The van der Waals surface area contributed by atoms with Crippen molar-refractivity contribution in [3.63, 3.8) is 0 Å². The lowest BCUT2D eigenvalue weighted by Crippen LogP contribution is -2.07. The summed E-state index contributed by atoms with van der Waals surface area (Å²) < 4.78 is 33.8. The van der Waals surface area contributed by atoms with Crippen LogP contribution in [0.25, 0.3) is 0 Å². The highest BCUT2D eigenvalue weighted by molar-refractivity contribution is 7.98. The molecule has 3 rings (SSSR count). The fraction of sp³-hybridized carbons (Fsp3) is 0.222. The Bertz CT molecular complexity index is 879. The van der Waals surface area contributed by atoms with E-state index in [2.05, 4.69) is 10.2 Å². The van der Waals surface area contributed by atoms with Crippen molar-refractivity contribution < 1.29 is 13.5 Å². The molecule has 0 N–H and O–H groups in total. The van der Waals surface area contributed by atoms with E-state index < -0.39 is 5.82 Å². The number of benzene rings is 2. The zero-order chi connectivity index (χ0) is 19.4. The molecular weight excluding hydrogens is 415 g/mol. The lowest BCUT2D eigenvalue weighted by atomic mass is 10.2. The maximum absolute atomic E-state index is 13.1. The number of halogens is 4. The summed E-state index contributed by atoms with van der Waals surface area (Å²) in [7, 11) is 0. The molecule has 9 heteroatoms. The molecule has 0 saturated carbocycles. The number of hydrogen-bond donors (Lipinski definition) is 0. The first-order chi connectivity index (χ1) is 13.0. The van der Waals surface area contributed by atoms with Crippen LogP contribution < -0.4 is 4.74 Å². The van der Waals surface area contributed by atoms with Gasteiger partial charge < -0.3 is 9.30 Å². The minimum atomic E-state index is -0.429. The largest absolute Gasteiger partial charge is 0.484 e. The van der Waals surface area contributed by atoms with Crippen LogP contribution in [-0.2, 0) is 18.9 Å². The zero-order valence-corrected chi connectivity index (χ0v) is 16.6. The molecule has 27 heavy (non-hydrogen) atoms. The molecule has 0 spiro atoms. The van der Waals surface area contributed by atoms with Crippen LogP contribution in [-0.4, -0.2) is 14.8 Å². The van der Waals surface area contributed by atoms with Crippen molar-refractivity contribution in [3.05, 3.63) is 69.5 Å². The predicted octanol–water partition coefficient (Wildman–Crippen LogP) is 5.75. The van der Waals surface area contributed by atoms with E-state index in [-0.39, 0.29) is 17.4 Å². The molecular formula is C18H15Cl2F2N3OS. The van der Waals surface area contributed by atoms with Crippen molar-refractivity contribution in [1.29, 1.82) is 0 Å². The SMILES string of the molecule is CCn1c(COc2ccc(F)cc2Cl)nnc1SCc1ccc(F)cc1Cl. The quantitative estimate of drug-likeness (QED) is 0.448. The minimum absolute atomic E-state index is 0.143. The average Bonchev–Trinajstić information content (AvgIpc) is 3.02. The molecule has 1 aromatic heterocycles. The van der Waals surface area contributed by atoms with E-state index in [1.54, 1.807) is 6.07 Å². The van der Waals surface area contributed by atoms with Gasteiger partial charge in [0, 0.05) is 17.3 Å². The van der Waals surface area contributed by atoms with E-state index in [0.29, 0.717) is 34.1 Å².